The minimum absolute atomic E-state index is 0.0694. The summed E-state index contributed by atoms with van der Waals surface area (Å²) in [6.07, 6.45) is 3.49. The maximum atomic E-state index is 12.2. The van der Waals surface area contributed by atoms with Crippen molar-refractivity contribution in [3.8, 4) is 0 Å². The molecule has 1 fully saturated rings. The summed E-state index contributed by atoms with van der Waals surface area (Å²) in [4.78, 5) is 11.0. The Bertz CT molecular complexity index is 655. The maximum absolute atomic E-state index is 12.2. The van der Waals surface area contributed by atoms with Crippen molar-refractivity contribution in [1.82, 2.24) is 25.4 Å². The SMILES string of the molecule is CCNC(=NCCS(=O)(=O)C(C)(C)C)N1CCC(c2ncn[nH]2)CC1. The number of rotatable bonds is 5. The first-order valence-electron chi connectivity index (χ1n) is 8.85. The first-order chi connectivity index (χ1) is 11.7. The fourth-order valence-corrected chi connectivity index (χ4v) is 3.72. The predicted octanol–water partition coefficient (Wildman–Crippen LogP) is 1.16. The molecule has 0 spiro atoms. The summed E-state index contributed by atoms with van der Waals surface area (Å²) in [7, 11) is -3.15. The van der Waals surface area contributed by atoms with E-state index in [0.717, 1.165) is 44.3 Å². The van der Waals surface area contributed by atoms with Crippen LogP contribution in [-0.2, 0) is 9.84 Å². The van der Waals surface area contributed by atoms with Crippen molar-refractivity contribution < 1.29 is 8.42 Å². The van der Waals surface area contributed by atoms with E-state index < -0.39 is 14.6 Å². The summed E-state index contributed by atoms with van der Waals surface area (Å²) in [5.41, 5.74) is 0. The first-order valence-corrected chi connectivity index (χ1v) is 10.5. The molecule has 8 nitrogen and oxygen atoms in total. The van der Waals surface area contributed by atoms with Gasteiger partial charge in [0.05, 0.1) is 17.0 Å². The Balaban J connectivity index is 1.94. The number of aromatic amines is 1. The number of likely N-dealkylation sites (tertiary alicyclic amines) is 1. The number of H-pyrrole nitrogens is 1. The van der Waals surface area contributed by atoms with Crippen LogP contribution in [0.3, 0.4) is 0 Å². The molecule has 0 bridgehead atoms. The van der Waals surface area contributed by atoms with E-state index in [-0.39, 0.29) is 12.3 Å². The van der Waals surface area contributed by atoms with E-state index in [0.29, 0.717) is 5.92 Å². The lowest BCUT2D eigenvalue weighted by molar-refractivity contribution is 0.299. The van der Waals surface area contributed by atoms with Gasteiger partial charge in [0.1, 0.15) is 12.2 Å². The molecule has 0 amide bonds. The average Bonchev–Trinajstić information content (AvgIpc) is 3.07. The molecule has 0 unspecified atom stereocenters. The second-order valence-corrected chi connectivity index (χ2v) is 10.2. The summed E-state index contributed by atoms with van der Waals surface area (Å²) < 4.78 is 23.7. The van der Waals surface area contributed by atoms with Gasteiger partial charge in [-0.25, -0.2) is 13.4 Å². The van der Waals surface area contributed by atoms with E-state index in [9.17, 15) is 8.42 Å². The molecule has 2 rings (SSSR count). The highest BCUT2D eigenvalue weighted by Crippen LogP contribution is 2.25. The largest absolute Gasteiger partial charge is 0.357 e. The molecule has 0 saturated carbocycles. The molecule has 1 aromatic rings. The standard InChI is InChI=1S/C16H30N6O2S/c1-5-17-15(18-8-11-25(23,24)16(2,3)4)22-9-6-13(7-10-22)14-19-12-20-21-14/h12-13H,5-11H2,1-4H3,(H,17,18)(H,19,20,21). The van der Waals surface area contributed by atoms with Crippen LogP contribution in [0.25, 0.3) is 0 Å². The Morgan fingerprint density at radius 2 is 2.08 bits per heavy atom. The third kappa shape index (κ3) is 5.17. The fourth-order valence-electron chi connectivity index (χ4n) is 2.78. The van der Waals surface area contributed by atoms with E-state index >= 15 is 0 Å². The number of guanidine groups is 1. The maximum Gasteiger partial charge on any atom is 0.193 e. The van der Waals surface area contributed by atoms with Gasteiger partial charge in [-0.2, -0.15) is 5.10 Å². The first kappa shape index (κ1) is 19.7. The van der Waals surface area contributed by atoms with Crippen LogP contribution >= 0.6 is 0 Å². The number of nitrogens with one attached hydrogen (secondary N) is 2. The normalized spacial score (nSPS) is 17.8. The van der Waals surface area contributed by atoms with Gasteiger partial charge in [-0.15, -0.1) is 0 Å². The number of piperidine rings is 1. The quantitative estimate of drug-likeness (QED) is 0.595. The van der Waals surface area contributed by atoms with Crippen LogP contribution < -0.4 is 5.32 Å². The molecule has 1 aliphatic heterocycles. The van der Waals surface area contributed by atoms with Crippen LogP contribution in [0.1, 0.15) is 52.3 Å². The van der Waals surface area contributed by atoms with Crippen molar-refractivity contribution in [2.24, 2.45) is 4.99 Å². The number of hydrogen-bond donors (Lipinski definition) is 2. The smallest absolute Gasteiger partial charge is 0.193 e. The van der Waals surface area contributed by atoms with Gasteiger partial charge in [-0.1, -0.05) is 0 Å². The minimum atomic E-state index is -3.15. The molecule has 1 aliphatic rings. The second kappa shape index (κ2) is 8.16. The second-order valence-electron chi connectivity index (χ2n) is 7.30. The average molecular weight is 371 g/mol. The fraction of sp³-hybridized carbons (Fsp3) is 0.812. The number of aliphatic imine (C=N–C) groups is 1. The molecule has 9 heteroatoms. The zero-order valence-corrected chi connectivity index (χ0v) is 16.4. The van der Waals surface area contributed by atoms with Crippen LogP contribution in [0.2, 0.25) is 0 Å². The molecule has 0 aromatic carbocycles. The molecule has 2 N–H and O–H groups in total. The van der Waals surface area contributed by atoms with E-state index in [4.69, 9.17) is 0 Å². The third-order valence-corrected chi connectivity index (χ3v) is 7.09. The summed E-state index contributed by atoms with van der Waals surface area (Å²) >= 11 is 0. The molecule has 1 saturated heterocycles. The van der Waals surface area contributed by atoms with Crippen molar-refractivity contribution in [3.63, 3.8) is 0 Å². The van der Waals surface area contributed by atoms with Crippen LogP contribution in [0.15, 0.2) is 11.3 Å². The van der Waals surface area contributed by atoms with Crippen molar-refractivity contribution in [2.75, 3.05) is 31.9 Å². The highest BCUT2D eigenvalue weighted by molar-refractivity contribution is 7.92. The highest BCUT2D eigenvalue weighted by atomic mass is 32.2. The Kier molecular flexibility index (Phi) is 6.42. The molecule has 0 aliphatic carbocycles. The molecule has 2 heterocycles. The molecule has 142 valence electrons. The summed E-state index contributed by atoms with van der Waals surface area (Å²) in [5, 5.41) is 10.1. The molecular weight excluding hydrogens is 340 g/mol. The number of nitrogens with zero attached hydrogens (tertiary/aromatic N) is 4. The summed E-state index contributed by atoms with van der Waals surface area (Å²) in [6, 6.07) is 0. The molecule has 25 heavy (non-hydrogen) atoms. The Hall–Kier alpha value is -1.64. The lowest BCUT2D eigenvalue weighted by atomic mass is 9.96. The van der Waals surface area contributed by atoms with Gasteiger partial charge in [0.2, 0.25) is 0 Å². The Morgan fingerprint density at radius 3 is 2.60 bits per heavy atom. The van der Waals surface area contributed by atoms with Gasteiger partial charge in [0.25, 0.3) is 0 Å². The van der Waals surface area contributed by atoms with Crippen LogP contribution in [0.5, 0.6) is 0 Å². The number of aromatic nitrogens is 3. The highest BCUT2D eigenvalue weighted by Gasteiger charge is 2.28. The van der Waals surface area contributed by atoms with Crippen molar-refractivity contribution in [3.05, 3.63) is 12.2 Å². The number of hydrogen-bond acceptors (Lipinski definition) is 5. The van der Waals surface area contributed by atoms with Crippen molar-refractivity contribution in [2.45, 2.75) is 51.2 Å². The third-order valence-electron chi connectivity index (χ3n) is 4.50. The zero-order chi connectivity index (χ0) is 18.5. The lowest BCUT2D eigenvalue weighted by Gasteiger charge is -2.33. The van der Waals surface area contributed by atoms with Crippen molar-refractivity contribution in [1.29, 1.82) is 0 Å². The molecule has 1 aromatic heterocycles. The molecule has 0 atom stereocenters. The topological polar surface area (TPSA) is 103 Å². The zero-order valence-electron chi connectivity index (χ0n) is 15.6. The van der Waals surface area contributed by atoms with E-state index in [1.54, 1.807) is 27.1 Å². The van der Waals surface area contributed by atoms with Crippen LogP contribution in [0, 0.1) is 0 Å². The molecule has 0 radical (unpaired) electrons. The minimum Gasteiger partial charge on any atom is -0.357 e. The summed E-state index contributed by atoms with van der Waals surface area (Å²) in [5.74, 6) is 2.20. The van der Waals surface area contributed by atoms with Crippen LogP contribution in [-0.4, -0.2) is 71.1 Å². The Labute approximate surface area is 150 Å². The van der Waals surface area contributed by atoms with E-state index in [2.05, 4.69) is 30.4 Å². The van der Waals surface area contributed by atoms with Gasteiger partial charge >= 0.3 is 0 Å². The molecular formula is C16H30N6O2S. The lowest BCUT2D eigenvalue weighted by Crippen LogP contribution is -2.45. The number of sulfone groups is 1. The van der Waals surface area contributed by atoms with E-state index in [1.165, 1.54) is 0 Å². The summed E-state index contributed by atoms with van der Waals surface area (Å²) in [6.45, 7) is 9.97. The van der Waals surface area contributed by atoms with Gasteiger partial charge in [-0.05, 0) is 40.5 Å². The predicted molar refractivity (Wildman–Crippen MR) is 99.4 cm³/mol. The van der Waals surface area contributed by atoms with Gasteiger partial charge in [0.15, 0.2) is 15.8 Å². The van der Waals surface area contributed by atoms with Crippen molar-refractivity contribution >= 4 is 15.8 Å². The monoisotopic (exact) mass is 370 g/mol. The van der Waals surface area contributed by atoms with Gasteiger partial charge in [-0.3, -0.25) is 10.1 Å². The Morgan fingerprint density at radius 1 is 1.40 bits per heavy atom. The van der Waals surface area contributed by atoms with E-state index in [1.807, 2.05) is 6.92 Å². The van der Waals surface area contributed by atoms with Gasteiger partial charge < -0.3 is 10.2 Å². The van der Waals surface area contributed by atoms with Crippen LogP contribution in [0.4, 0.5) is 0 Å². The van der Waals surface area contributed by atoms with Gasteiger partial charge in [0, 0.05) is 25.6 Å².